The van der Waals surface area contributed by atoms with Crippen LogP contribution in [0.2, 0.25) is 0 Å². The maximum atomic E-state index is 11.1. The van der Waals surface area contributed by atoms with Crippen molar-refractivity contribution in [2.45, 2.75) is 13.8 Å². The second kappa shape index (κ2) is 3.52. The third-order valence-corrected chi connectivity index (χ3v) is 2.48. The van der Waals surface area contributed by atoms with Gasteiger partial charge in [0.1, 0.15) is 17.0 Å². The van der Waals surface area contributed by atoms with E-state index in [9.17, 15) is 4.79 Å². The minimum atomic E-state index is -1.01. The zero-order valence-electron chi connectivity index (χ0n) is 9.31. The van der Waals surface area contributed by atoms with Gasteiger partial charge in [-0.3, -0.25) is 0 Å². The van der Waals surface area contributed by atoms with E-state index in [1.807, 2.05) is 6.92 Å². The molecule has 0 radical (unpaired) electrons. The van der Waals surface area contributed by atoms with Gasteiger partial charge in [-0.05, 0) is 13.8 Å². The number of fused-ring (bicyclic) bond motifs is 1. The highest BCUT2D eigenvalue weighted by Crippen LogP contribution is 2.26. The largest absolute Gasteiger partial charge is 0.495 e. The van der Waals surface area contributed by atoms with Gasteiger partial charge in [0.15, 0.2) is 0 Å². The summed E-state index contributed by atoms with van der Waals surface area (Å²) in [6, 6.07) is 0. The van der Waals surface area contributed by atoms with Crippen molar-refractivity contribution in [1.82, 2.24) is 9.38 Å². The maximum absolute atomic E-state index is 11.1. The van der Waals surface area contributed by atoms with Gasteiger partial charge in [0, 0.05) is 18.0 Å². The van der Waals surface area contributed by atoms with E-state index in [0.29, 0.717) is 5.75 Å². The van der Waals surface area contributed by atoms with Gasteiger partial charge in [-0.2, -0.15) is 0 Å². The van der Waals surface area contributed by atoms with E-state index in [1.54, 1.807) is 17.5 Å². The second-order valence-corrected chi connectivity index (χ2v) is 3.62. The molecule has 0 unspecified atom stereocenters. The normalized spacial score (nSPS) is 10.7. The number of carbonyl (C=O) groups is 1. The molecule has 2 heterocycles. The fraction of sp³-hybridized carbons (Fsp3) is 0.273. The zero-order valence-corrected chi connectivity index (χ0v) is 9.31. The van der Waals surface area contributed by atoms with Crippen molar-refractivity contribution < 1.29 is 14.6 Å². The summed E-state index contributed by atoms with van der Waals surface area (Å²) in [5, 5.41) is 9.07. The van der Waals surface area contributed by atoms with Crippen LogP contribution in [0.1, 0.15) is 21.6 Å². The average molecular weight is 220 g/mol. The molecule has 0 amide bonds. The molecule has 0 saturated carbocycles. The van der Waals surface area contributed by atoms with E-state index in [1.165, 1.54) is 13.3 Å². The Balaban J connectivity index is 2.86. The number of aryl methyl sites for hydroxylation is 2. The number of rotatable bonds is 2. The molecule has 16 heavy (non-hydrogen) atoms. The van der Waals surface area contributed by atoms with E-state index in [2.05, 4.69) is 4.98 Å². The first-order valence-corrected chi connectivity index (χ1v) is 4.80. The number of aromatic nitrogens is 2. The molecule has 0 atom stereocenters. The van der Waals surface area contributed by atoms with Gasteiger partial charge < -0.3 is 14.2 Å². The van der Waals surface area contributed by atoms with Crippen molar-refractivity contribution in [1.29, 1.82) is 0 Å². The number of ether oxygens (including phenoxy) is 1. The van der Waals surface area contributed by atoms with Gasteiger partial charge in [0.25, 0.3) is 0 Å². The first kappa shape index (κ1) is 10.5. The zero-order chi connectivity index (χ0) is 11.9. The number of aromatic carboxylic acids is 1. The molecule has 0 aliphatic carbocycles. The van der Waals surface area contributed by atoms with E-state index in [0.717, 1.165) is 16.9 Å². The smallest absolute Gasteiger partial charge is 0.341 e. The molecule has 2 aromatic rings. The molecule has 0 aliphatic rings. The first-order chi connectivity index (χ1) is 7.54. The number of carboxylic acids is 1. The molecule has 0 aromatic carbocycles. The van der Waals surface area contributed by atoms with Gasteiger partial charge in [-0.15, -0.1) is 0 Å². The van der Waals surface area contributed by atoms with E-state index >= 15 is 0 Å². The number of hydrogen-bond donors (Lipinski definition) is 1. The number of imidazole rings is 1. The monoisotopic (exact) mass is 220 g/mol. The van der Waals surface area contributed by atoms with Crippen LogP contribution in [0.3, 0.4) is 0 Å². The molecule has 0 fully saturated rings. The van der Waals surface area contributed by atoms with Gasteiger partial charge in [0.05, 0.1) is 12.8 Å². The van der Waals surface area contributed by atoms with Gasteiger partial charge in [-0.25, -0.2) is 9.78 Å². The third-order valence-electron chi connectivity index (χ3n) is 2.48. The minimum Gasteiger partial charge on any atom is -0.495 e. The van der Waals surface area contributed by atoms with Crippen LogP contribution in [0.5, 0.6) is 5.75 Å². The van der Waals surface area contributed by atoms with Crippen LogP contribution in [0, 0.1) is 13.8 Å². The fourth-order valence-corrected chi connectivity index (χ4v) is 1.81. The summed E-state index contributed by atoms with van der Waals surface area (Å²) in [5.74, 6) is -0.640. The van der Waals surface area contributed by atoms with Crippen molar-refractivity contribution >= 4 is 11.6 Å². The summed E-state index contributed by atoms with van der Waals surface area (Å²) in [4.78, 5) is 15.4. The molecule has 0 aliphatic heterocycles. The lowest BCUT2D eigenvalue weighted by molar-refractivity contribution is 0.0692. The summed E-state index contributed by atoms with van der Waals surface area (Å²) < 4.78 is 6.83. The van der Waals surface area contributed by atoms with Gasteiger partial charge >= 0.3 is 5.97 Å². The Morgan fingerprint density at radius 3 is 2.69 bits per heavy atom. The molecular formula is C11H12N2O3. The van der Waals surface area contributed by atoms with Crippen LogP contribution in [-0.4, -0.2) is 27.6 Å². The number of carboxylic acid groups (broad SMARTS) is 1. The van der Waals surface area contributed by atoms with Crippen LogP contribution in [0.4, 0.5) is 0 Å². The quantitative estimate of drug-likeness (QED) is 0.835. The molecule has 0 saturated heterocycles. The highest BCUT2D eigenvalue weighted by atomic mass is 16.5. The number of pyridine rings is 1. The topological polar surface area (TPSA) is 63.8 Å². The molecule has 0 bridgehead atoms. The summed E-state index contributed by atoms with van der Waals surface area (Å²) in [5.41, 5.74) is 2.44. The van der Waals surface area contributed by atoms with E-state index in [4.69, 9.17) is 9.84 Å². The number of nitrogens with zero attached hydrogens (tertiary/aromatic N) is 2. The van der Waals surface area contributed by atoms with E-state index in [-0.39, 0.29) is 5.56 Å². The van der Waals surface area contributed by atoms with Crippen molar-refractivity contribution in [2.75, 3.05) is 7.11 Å². The van der Waals surface area contributed by atoms with Gasteiger partial charge in [-0.1, -0.05) is 0 Å². The summed E-state index contributed by atoms with van der Waals surface area (Å²) >= 11 is 0. The van der Waals surface area contributed by atoms with Crippen LogP contribution >= 0.6 is 0 Å². The average Bonchev–Trinajstić information content (AvgIpc) is 2.58. The summed E-state index contributed by atoms with van der Waals surface area (Å²) in [6.07, 6.45) is 3.30. The molecule has 0 spiro atoms. The van der Waals surface area contributed by atoms with Crippen LogP contribution < -0.4 is 4.74 Å². The highest BCUT2D eigenvalue weighted by Gasteiger charge is 2.17. The SMILES string of the molecule is COc1c(C(=O)O)cn2cc(C)nc2c1C. The molecular weight excluding hydrogens is 208 g/mol. The maximum Gasteiger partial charge on any atom is 0.341 e. The lowest BCUT2D eigenvalue weighted by Crippen LogP contribution is -2.05. The van der Waals surface area contributed by atoms with Crippen molar-refractivity contribution in [2.24, 2.45) is 0 Å². The Morgan fingerprint density at radius 2 is 2.12 bits per heavy atom. The Kier molecular flexibility index (Phi) is 2.30. The molecule has 5 heteroatoms. The highest BCUT2D eigenvalue weighted by molar-refractivity contribution is 5.92. The van der Waals surface area contributed by atoms with Crippen LogP contribution in [-0.2, 0) is 0 Å². The second-order valence-electron chi connectivity index (χ2n) is 3.62. The number of methoxy groups -OCH3 is 1. The first-order valence-electron chi connectivity index (χ1n) is 4.80. The Labute approximate surface area is 92.3 Å². The summed E-state index contributed by atoms with van der Waals surface area (Å²) in [7, 11) is 1.46. The fourth-order valence-electron chi connectivity index (χ4n) is 1.81. The predicted octanol–water partition coefficient (Wildman–Crippen LogP) is 1.66. The molecule has 2 aromatic heterocycles. The Hall–Kier alpha value is -2.04. The van der Waals surface area contributed by atoms with E-state index < -0.39 is 5.97 Å². The molecule has 84 valence electrons. The lowest BCUT2D eigenvalue weighted by Gasteiger charge is -2.09. The summed E-state index contributed by atoms with van der Waals surface area (Å²) in [6.45, 7) is 3.66. The van der Waals surface area contributed by atoms with Crippen molar-refractivity contribution in [3.8, 4) is 5.75 Å². The Morgan fingerprint density at radius 1 is 1.44 bits per heavy atom. The van der Waals surface area contributed by atoms with Gasteiger partial charge in [0.2, 0.25) is 0 Å². The molecule has 1 N–H and O–H groups in total. The van der Waals surface area contributed by atoms with Crippen molar-refractivity contribution in [3.05, 3.63) is 29.2 Å². The minimum absolute atomic E-state index is 0.143. The lowest BCUT2D eigenvalue weighted by atomic mass is 10.2. The standard InChI is InChI=1S/C11H12N2O3/c1-6-4-13-5-8(11(14)15)9(16-3)7(2)10(13)12-6/h4-5H,1-3H3,(H,14,15). The van der Waals surface area contributed by atoms with Crippen LogP contribution in [0.15, 0.2) is 12.4 Å². The Bertz CT molecular complexity index is 572. The predicted molar refractivity (Wildman–Crippen MR) is 58.2 cm³/mol. The van der Waals surface area contributed by atoms with Crippen molar-refractivity contribution in [3.63, 3.8) is 0 Å². The number of hydrogen-bond acceptors (Lipinski definition) is 3. The molecule has 2 rings (SSSR count). The van der Waals surface area contributed by atoms with Crippen LogP contribution in [0.25, 0.3) is 5.65 Å². The molecule has 5 nitrogen and oxygen atoms in total. The third kappa shape index (κ3) is 1.41.